The van der Waals surface area contributed by atoms with Gasteiger partial charge in [-0.3, -0.25) is 10.1 Å². The van der Waals surface area contributed by atoms with Gasteiger partial charge < -0.3 is 15.2 Å². The number of carboxylic acids is 1. The summed E-state index contributed by atoms with van der Waals surface area (Å²) in [6, 6.07) is 19.9. The molecule has 0 fully saturated rings. The van der Waals surface area contributed by atoms with Crippen molar-refractivity contribution in [1.82, 2.24) is 5.32 Å². The normalized spacial score (nSPS) is 12.9. The molecule has 0 spiro atoms. The highest BCUT2D eigenvalue weighted by atomic mass is 79.9. The Labute approximate surface area is 211 Å². The van der Waals surface area contributed by atoms with Crippen molar-refractivity contribution in [2.75, 3.05) is 11.9 Å². The number of anilines is 1. The van der Waals surface area contributed by atoms with Crippen LogP contribution in [-0.2, 0) is 9.53 Å². The van der Waals surface area contributed by atoms with Crippen LogP contribution in [-0.4, -0.2) is 35.7 Å². The molecular weight excluding hydrogens is 512 g/mol. The minimum Gasteiger partial charge on any atom is -0.480 e. The lowest BCUT2D eigenvalue weighted by Crippen LogP contribution is -2.40. The molecule has 3 N–H and O–H groups in total. The molecule has 0 heterocycles. The Hall–Kier alpha value is -3.65. The van der Waals surface area contributed by atoms with Crippen molar-refractivity contribution in [1.29, 1.82) is 0 Å². The van der Waals surface area contributed by atoms with Crippen LogP contribution < -0.4 is 10.6 Å². The fraction of sp³-hybridized carbons (Fsp3) is 0.222. The zero-order valence-corrected chi connectivity index (χ0v) is 20.7. The summed E-state index contributed by atoms with van der Waals surface area (Å²) in [5, 5.41) is 14.5. The molecule has 0 saturated carbocycles. The first-order valence-electron chi connectivity index (χ1n) is 11.3. The van der Waals surface area contributed by atoms with Crippen LogP contribution in [0.4, 0.5) is 10.5 Å². The molecule has 2 amide bonds. The molecule has 0 aromatic heterocycles. The first-order valence-corrected chi connectivity index (χ1v) is 12.1. The molecule has 1 aliphatic rings. The third-order valence-electron chi connectivity index (χ3n) is 5.93. The van der Waals surface area contributed by atoms with Crippen LogP contribution in [0.25, 0.3) is 11.1 Å². The third kappa shape index (κ3) is 5.54. The number of hydrogen-bond donors (Lipinski definition) is 3. The lowest BCUT2D eigenvalue weighted by Gasteiger charge is -2.16. The number of amides is 2. The monoisotopic (exact) mass is 536 g/mol. The number of carbonyl (C=O) groups is 3. The minimum atomic E-state index is -1.09. The highest BCUT2D eigenvalue weighted by Crippen LogP contribution is 2.44. The van der Waals surface area contributed by atoms with E-state index >= 15 is 0 Å². The van der Waals surface area contributed by atoms with Crippen LogP contribution in [0.2, 0.25) is 0 Å². The third-order valence-corrected chi connectivity index (χ3v) is 6.39. The number of aliphatic carboxylic acids is 1. The molecule has 0 radical (unpaired) electrons. The molecule has 1 unspecified atom stereocenters. The molecule has 7 nitrogen and oxygen atoms in total. The maximum atomic E-state index is 12.6. The molecular formula is C27H25BrN2O5. The van der Waals surface area contributed by atoms with E-state index < -0.39 is 24.0 Å². The van der Waals surface area contributed by atoms with Crippen LogP contribution in [0.3, 0.4) is 0 Å². The van der Waals surface area contributed by atoms with Crippen LogP contribution in [0.15, 0.2) is 71.2 Å². The van der Waals surface area contributed by atoms with Crippen molar-refractivity contribution >= 4 is 39.6 Å². The smallest absolute Gasteiger partial charge is 0.411 e. The van der Waals surface area contributed by atoms with Gasteiger partial charge in [0.25, 0.3) is 5.91 Å². The molecule has 3 aromatic carbocycles. The van der Waals surface area contributed by atoms with Crippen LogP contribution in [0.1, 0.15) is 47.2 Å². The molecule has 0 aliphatic heterocycles. The second-order valence-electron chi connectivity index (χ2n) is 8.33. The summed E-state index contributed by atoms with van der Waals surface area (Å²) >= 11 is 3.34. The Morgan fingerprint density at radius 2 is 1.63 bits per heavy atom. The average molecular weight is 537 g/mol. The van der Waals surface area contributed by atoms with Crippen LogP contribution in [0.5, 0.6) is 0 Å². The number of carboxylic acid groups (broad SMARTS) is 1. The van der Waals surface area contributed by atoms with Gasteiger partial charge in [0, 0.05) is 21.6 Å². The zero-order valence-electron chi connectivity index (χ0n) is 19.1. The van der Waals surface area contributed by atoms with Crippen molar-refractivity contribution in [3.8, 4) is 11.1 Å². The highest BCUT2D eigenvalue weighted by molar-refractivity contribution is 9.10. The van der Waals surface area contributed by atoms with Gasteiger partial charge in [0.15, 0.2) is 0 Å². The standard InChI is InChI=1S/C27H25BrN2O5/c1-2-7-24(26(32)33)30-25(31)16-12-17(28)14-18(13-16)29-27(34)35-15-23-21-10-5-3-8-19(21)20-9-4-6-11-22(20)23/h3-6,8-14,23-24H,2,7,15H2,1H3,(H,29,34)(H,30,31)(H,32,33). The zero-order chi connectivity index (χ0) is 24.9. The van der Waals surface area contributed by atoms with Gasteiger partial charge in [0.2, 0.25) is 0 Å². The molecule has 1 atom stereocenters. The minimum absolute atomic E-state index is 0.0662. The predicted molar refractivity (Wildman–Crippen MR) is 137 cm³/mol. The first kappa shape index (κ1) is 24.5. The fourth-order valence-electron chi connectivity index (χ4n) is 4.33. The van der Waals surface area contributed by atoms with Crippen molar-refractivity contribution < 1.29 is 24.2 Å². The van der Waals surface area contributed by atoms with Gasteiger partial charge >= 0.3 is 12.1 Å². The summed E-state index contributed by atoms with van der Waals surface area (Å²) in [7, 11) is 0. The molecule has 1 aliphatic carbocycles. The number of halogens is 1. The lowest BCUT2D eigenvalue weighted by atomic mass is 9.98. The summed E-state index contributed by atoms with van der Waals surface area (Å²) in [5.41, 5.74) is 5.08. The van der Waals surface area contributed by atoms with Crippen molar-refractivity contribution in [3.05, 3.63) is 87.9 Å². The molecule has 4 rings (SSSR count). The number of hydrogen-bond acceptors (Lipinski definition) is 4. The molecule has 0 saturated heterocycles. The van der Waals surface area contributed by atoms with Crippen LogP contribution >= 0.6 is 15.9 Å². The summed E-state index contributed by atoms with van der Waals surface area (Å²) in [6.45, 7) is 2.01. The van der Waals surface area contributed by atoms with E-state index in [1.165, 1.54) is 6.07 Å². The summed E-state index contributed by atoms with van der Waals surface area (Å²) in [4.78, 5) is 36.6. The number of rotatable bonds is 8. The molecule has 35 heavy (non-hydrogen) atoms. The maximum absolute atomic E-state index is 12.6. The molecule has 8 heteroatoms. The van der Waals surface area contributed by atoms with Gasteiger partial charge in [-0.15, -0.1) is 0 Å². The van der Waals surface area contributed by atoms with Gasteiger partial charge in [-0.05, 0) is 46.9 Å². The highest BCUT2D eigenvalue weighted by Gasteiger charge is 2.29. The van der Waals surface area contributed by atoms with Gasteiger partial charge in [-0.1, -0.05) is 77.8 Å². The van der Waals surface area contributed by atoms with Crippen molar-refractivity contribution in [3.63, 3.8) is 0 Å². The van der Waals surface area contributed by atoms with Gasteiger partial charge in [0.1, 0.15) is 12.6 Å². The van der Waals surface area contributed by atoms with E-state index in [1.807, 2.05) is 43.3 Å². The molecule has 180 valence electrons. The number of benzene rings is 3. The van der Waals surface area contributed by atoms with Crippen LogP contribution in [0, 0.1) is 0 Å². The Kier molecular flexibility index (Phi) is 7.51. The maximum Gasteiger partial charge on any atom is 0.411 e. The van der Waals surface area contributed by atoms with Gasteiger partial charge in [-0.25, -0.2) is 9.59 Å². The lowest BCUT2D eigenvalue weighted by molar-refractivity contribution is -0.139. The van der Waals surface area contributed by atoms with E-state index in [-0.39, 0.29) is 18.1 Å². The number of nitrogens with one attached hydrogen (secondary N) is 2. The van der Waals surface area contributed by atoms with Gasteiger partial charge in [-0.2, -0.15) is 0 Å². The number of carbonyl (C=O) groups excluding carboxylic acids is 2. The molecule has 3 aromatic rings. The van der Waals surface area contributed by atoms with E-state index in [0.29, 0.717) is 23.0 Å². The Morgan fingerprint density at radius 1 is 1.00 bits per heavy atom. The Morgan fingerprint density at radius 3 is 2.23 bits per heavy atom. The summed E-state index contributed by atoms with van der Waals surface area (Å²) < 4.78 is 6.13. The van der Waals surface area contributed by atoms with Crippen molar-refractivity contribution in [2.45, 2.75) is 31.7 Å². The van der Waals surface area contributed by atoms with E-state index in [9.17, 15) is 19.5 Å². The number of ether oxygens (including phenoxy) is 1. The average Bonchev–Trinajstić information content (AvgIpc) is 3.15. The first-order chi connectivity index (χ1) is 16.9. The molecule has 0 bridgehead atoms. The van der Waals surface area contributed by atoms with E-state index in [0.717, 1.165) is 22.3 Å². The van der Waals surface area contributed by atoms with E-state index in [1.54, 1.807) is 12.1 Å². The second kappa shape index (κ2) is 10.7. The SMILES string of the molecule is CCCC(NC(=O)c1cc(Br)cc(NC(=O)OCC2c3ccccc3-c3ccccc32)c1)C(=O)O. The van der Waals surface area contributed by atoms with Crippen molar-refractivity contribution in [2.24, 2.45) is 0 Å². The van der Waals surface area contributed by atoms with E-state index in [2.05, 4.69) is 38.7 Å². The van der Waals surface area contributed by atoms with E-state index in [4.69, 9.17) is 4.74 Å². The quantitative estimate of drug-likeness (QED) is 0.337. The topological polar surface area (TPSA) is 105 Å². The summed E-state index contributed by atoms with van der Waals surface area (Å²) in [5.74, 6) is -1.70. The Balaban J connectivity index is 1.43. The number of fused-ring (bicyclic) bond motifs is 3. The largest absolute Gasteiger partial charge is 0.480 e. The fourth-order valence-corrected chi connectivity index (χ4v) is 4.83. The summed E-state index contributed by atoms with van der Waals surface area (Å²) in [6.07, 6.45) is 0.287. The second-order valence-corrected chi connectivity index (χ2v) is 9.25. The predicted octanol–water partition coefficient (Wildman–Crippen LogP) is 5.79. The Bertz CT molecular complexity index is 1230. The van der Waals surface area contributed by atoms with Gasteiger partial charge in [0.05, 0.1) is 0 Å².